The van der Waals surface area contributed by atoms with Gasteiger partial charge in [-0.1, -0.05) is 43.5 Å². The first-order valence-corrected chi connectivity index (χ1v) is 12.5. The Morgan fingerprint density at radius 3 is 1.78 bits per heavy atom. The molecule has 0 radical (unpaired) electrons. The van der Waals surface area contributed by atoms with E-state index in [0.717, 1.165) is 71.6 Å². The van der Waals surface area contributed by atoms with Gasteiger partial charge in [0.25, 0.3) is 0 Å². The van der Waals surface area contributed by atoms with Gasteiger partial charge in [-0.3, -0.25) is 0 Å². The molecule has 0 aliphatic heterocycles. The van der Waals surface area contributed by atoms with Crippen molar-refractivity contribution in [2.45, 2.75) is 38.5 Å². The molecular formula is C31H30O6. The summed E-state index contributed by atoms with van der Waals surface area (Å²) < 4.78 is 11.6. The number of carbonyl (C=O) groups is 2. The number of aromatic carboxylic acids is 2. The Balaban J connectivity index is 1.08. The molecule has 0 fully saturated rings. The molecule has 0 bridgehead atoms. The van der Waals surface area contributed by atoms with Crippen molar-refractivity contribution in [3.05, 3.63) is 96.3 Å². The van der Waals surface area contributed by atoms with Gasteiger partial charge in [-0.05, 0) is 95.4 Å². The van der Waals surface area contributed by atoms with E-state index in [9.17, 15) is 9.59 Å². The van der Waals surface area contributed by atoms with Gasteiger partial charge in [0.15, 0.2) is 0 Å². The standard InChI is InChI=1S/C31H30O6/c32-30(33)26-10-8-24-20-28(14-12-22(24)18-26)36-16-6-4-2-1-3-5-7-17-37-29-15-13-23-19-27(31(34)35)11-9-25(23)21-29/h6,8-16,18-21H,1-5,7,17H2,(H,32,33)(H,34,35). The lowest BCUT2D eigenvalue weighted by atomic mass is 10.1. The molecule has 0 saturated heterocycles. The average molecular weight is 499 g/mol. The summed E-state index contributed by atoms with van der Waals surface area (Å²) in [5.41, 5.74) is 0.561. The highest BCUT2D eigenvalue weighted by atomic mass is 16.5. The fraction of sp³-hybridized carbons (Fsp3) is 0.226. The van der Waals surface area contributed by atoms with Gasteiger partial charge in [-0.2, -0.15) is 0 Å². The molecule has 4 rings (SSSR count). The highest BCUT2D eigenvalue weighted by Gasteiger charge is 2.05. The van der Waals surface area contributed by atoms with E-state index in [-0.39, 0.29) is 11.1 Å². The Labute approximate surface area is 215 Å². The number of fused-ring (bicyclic) bond motifs is 2. The van der Waals surface area contributed by atoms with Crippen LogP contribution < -0.4 is 9.47 Å². The second-order valence-electron chi connectivity index (χ2n) is 8.95. The van der Waals surface area contributed by atoms with Crippen molar-refractivity contribution in [3.8, 4) is 11.5 Å². The fourth-order valence-corrected chi connectivity index (χ4v) is 4.16. The maximum atomic E-state index is 11.1. The summed E-state index contributed by atoms with van der Waals surface area (Å²) in [7, 11) is 0. The molecule has 37 heavy (non-hydrogen) atoms. The number of rotatable bonds is 13. The van der Waals surface area contributed by atoms with Crippen LogP contribution in [0.25, 0.3) is 21.5 Å². The molecule has 0 aromatic heterocycles. The molecule has 0 atom stereocenters. The van der Waals surface area contributed by atoms with Crippen molar-refractivity contribution in [2.24, 2.45) is 0 Å². The number of hydrogen-bond donors (Lipinski definition) is 2. The van der Waals surface area contributed by atoms with Crippen LogP contribution in [0.1, 0.15) is 59.2 Å². The van der Waals surface area contributed by atoms with E-state index >= 15 is 0 Å². The van der Waals surface area contributed by atoms with Crippen LogP contribution in [0.2, 0.25) is 0 Å². The molecular weight excluding hydrogens is 468 g/mol. The molecule has 0 spiro atoms. The predicted octanol–water partition coefficient (Wildman–Crippen LogP) is 7.70. The Hall–Kier alpha value is -4.32. The van der Waals surface area contributed by atoms with Crippen LogP contribution in [0.5, 0.6) is 11.5 Å². The van der Waals surface area contributed by atoms with E-state index in [4.69, 9.17) is 19.7 Å². The first kappa shape index (κ1) is 25.8. The lowest BCUT2D eigenvalue weighted by molar-refractivity contribution is 0.0686. The first-order chi connectivity index (χ1) is 18.0. The van der Waals surface area contributed by atoms with E-state index < -0.39 is 11.9 Å². The summed E-state index contributed by atoms with van der Waals surface area (Å²) in [5, 5.41) is 21.9. The Kier molecular flexibility index (Phi) is 8.76. The molecule has 0 amide bonds. The second kappa shape index (κ2) is 12.6. The first-order valence-electron chi connectivity index (χ1n) is 12.5. The van der Waals surface area contributed by atoms with Crippen LogP contribution in [-0.2, 0) is 0 Å². The van der Waals surface area contributed by atoms with Gasteiger partial charge in [-0.25, -0.2) is 9.59 Å². The van der Waals surface area contributed by atoms with Crippen molar-refractivity contribution in [3.63, 3.8) is 0 Å². The van der Waals surface area contributed by atoms with Gasteiger partial charge in [0, 0.05) is 0 Å². The highest BCUT2D eigenvalue weighted by Crippen LogP contribution is 2.24. The van der Waals surface area contributed by atoms with E-state index in [1.165, 1.54) is 0 Å². The quantitative estimate of drug-likeness (QED) is 0.145. The fourth-order valence-electron chi connectivity index (χ4n) is 4.16. The van der Waals surface area contributed by atoms with Gasteiger partial charge in [-0.15, -0.1) is 0 Å². The van der Waals surface area contributed by atoms with Gasteiger partial charge in [0.1, 0.15) is 11.5 Å². The van der Waals surface area contributed by atoms with Crippen LogP contribution >= 0.6 is 0 Å². The molecule has 6 heteroatoms. The third-order valence-corrected chi connectivity index (χ3v) is 6.20. The summed E-state index contributed by atoms with van der Waals surface area (Å²) in [4.78, 5) is 22.2. The minimum Gasteiger partial charge on any atom is -0.494 e. The van der Waals surface area contributed by atoms with Gasteiger partial charge >= 0.3 is 11.9 Å². The third kappa shape index (κ3) is 7.34. The minimum absolute atomic E-state index is 0.275. The Bertz CT molecular complexity index is 1420. The molecule has 0 heterocycles. The number of carboxylic acid groups (broad SMARTS) is 2. The van der Waals surface area contributed by atoms with E-state index in [1.807, 2.05) is 48.5 Å². The zero-order valence-electron chi connectivity index (χ0n) is 20.6. The van der Waals surface area contributed by atoms with Crippen molar-refractivity contribution in [1.29, 1.82) is 0 Å². The van der Waals surface area contributed by atoms with Gasteiger partial charge in [0.2, 0.25) is 0 Å². The molecule has 0 aliphatic carbocycles. The van der Waals surface area contributed by atoms with Crippen molar-refractivity contribution >= 4 is 33.5 Å². The normalized spacial score (nSPS) is 11.2. The number of carboxylic acids is 2. The largest absolute Gasteiger partial charge is 0.494 e. The molecule has 2 N–H and O–H groups in total. The summed E-state index contributed by atoms with van der Waals surface area (Å²) in [5.74, 6) is -0.326. The third-order valence-electron chi connectivity index (χ3n) is 6.20. The Morgan fingerprint density at radius 2 is 1.14 bits per heavy atom. The van der Waals surface area contributed by atoms with Gasteiger partial charge in [0.05, 0.1) is 24.0 Å². The Morgan fingerprint density at radius 1 is 0.622 bits per heavy atom. The smallest absolute Gasteiger partial charge is 0.335 e. The number of unbranched alkanes of at least 4 members (excludes halogenated alkanes) is 5. The van der Waals surface area contributed by atoms with Gasteiger partial charge < -0.3 is 19.7 Å². The lowest BCUT2D eigenvalue weighted by Crippen LogP contribution is -1.98. The predicted molar refractivity (Wildman–Crippen MR) is 145 cm³/mol. The number of hydrogen-bond acceptors (Lipinski definition) is 4. The molecule has 6 nitrogen and oxygen atoms in total. The zero-order valence-corrected chi connectivity index (χ0v) is 20.6. The molecule has 0 unspecified atom stereocenters. The van der Waals surface area contributed by atoms with Crippen LogP contribution in [0.4, 0.5) is 0 Å². The van der Waals surface area contributed by atoms with Crippen LogP contribution in [-0.4, -0.2) is 28.8 Å². The summed E-state index contributed by atoms with van der Waals surface area (Å²) in [6.45, 7) is 0.663. The number of benzene rings is 4. The highest BCUT2D eigenvalue weighted by molar-refractivity contribution is 5.95. The summed E-state index contributed by atoms with van der Waals surface area (Å²) in [6, 6.07) is 21.5. The minimum atomic E-state index is -0.931. The summed E-state index contributed by atoms with van der Waals surface area (Å²) in [6.07, 6.45) is 10.2. The lowest BCUT2D eigenvalue weighted by Gasteiger charge is -2.08. The van der Waals surface area contributed by atoms with E-state index in [0.29, 0.717) is 6.61 Å². The van der Waals surface area contributed by atoms with Crippen molar-refractivity contribution < 1.29 is 29.3 Å². The number of allylic oxidation sites excluding steroid dienone is 1. The van der Waals surface area contributed by atoms with Crippen LogP contribution in [0.3, 0.4) is 0 Å². The van der Waals surface area contributed by atoms with E-state index in [1.54, 1.807) is 36.6 Å². The molecule has 190 valence electrons. The zero-order chi connectivity index (χ0) is 26.0. The molecule has 4 aromatic rings. The number of ether oxygens (including phenoxy) is 2. The monoisotopic (exact) mass is 498 g/mol. The van der Waals surface area contributed by atoms with Crippen molar-refractivity contribution in [2.75, 3.05) is 6.61 Å². The van der Waals surface area contributed by atoms with Crippen LogP contribution in [0, 0.1) is 0 Å². The van der Waals surface area contributed by atoms with Crippen LogP contribution in [0.15, 0.2) is 85.1 Å². The summed E-state index contributed by atoms with van der Waals surface area (Å²) >= 11 is 0. The maximum absolute atomic E-state index is 11.1. The molecule has 0 saturated carbocycles. The molecule has 0 aliphatic rings. The topological polar surface area (TPSA) is 93.1 Å². The maximum Gasteiger partial charge on any atom is 0.335 e. The second-order valence-corrected chi connectivity index (χ2v) is 8.95. The molecule has 4 aromatic carbocycles. The van der Waals surface area contributed by atoms with Crippen molar-refractivity contribution in [1.82, 2.24) is 0 Å². The average Bonchev–Trinajstić information content (AvgIpc) is 2.90. The SMILES string of the molecule is O=C(O)c1ccc2cc(OC=CCCCCCCCOc3ccc4cc(C(=O)O)ccc4c3)ccc2c1. The van der Waals surface area contributed by atoms with E-state index in [2.05, 4.69) is 0 Å².